The maximum Gasteiger partial charge on any atom is 0.416 e. The second-order valence-corrected chi connectivity index (χ2v) is 6.70. The van der Waals surface area contributed by atoms with Crippen LogP contribution in [0.2, 0.25) is 0 Å². The molecule has 148 valence electrons. The van der Waals surface area contributed by atoms with Gasteiger partial charge >= 0.3 is 6.18 Å². The van der Waals surface area contributed by atoms with E-state index in [4.69, 9.17) is 4.74 Å². The van der Waals surface area contributed by atoms with Crippen molar-refractivity contribution in [2.45, 2.75) is 19.0 Å². The van der Waals surface area contributed by atoms with E-state index in [1.54, 1.807) is 17.0 Å². The van der Waals surface area contributed by atoms with Crippen LogP contribution in [0.1, 0.15) is 28.8 Å². The van der Waals surface area contributed by atoms with E-state index < -0.39 is 11.7 Å². The van der Waals surface area contributed by atoms with Gasteiger partial charge in [0.15, 0.2) is 12.4 Å². The van der Waals surface area contributed by atoms with Crippen LogP contribution in [-0.4, -0.2) is 36.3 Å². The highest BCUT2D eigenvalue weighted by atomic mass is 19.4. The summed E-state index contributed by atoms with van der Waals surface area (Å²) in [6.45, 7) is 0.666. The summed E-state index contributed by atoms with van der Waals surface area (Å²) in [4.78, 5) is 26.4. The molecule has 1 saturated heterocycles. The molecule has 7 heteroatoms. The monoisotopic (exact) mass is 391 g/mol. The molecule has 1 aliphatic heterocycles. The van der Waals surface area contributed by atoms with Crippen molar-refractivity contribution in [3.8, 4) is 5.75 Å². The van der Waals surface area contributed by atoms with Gasteiger partial charge in [-0.2, -0.15) is 13.2 Å². The van der Waals surface area contributed by atoms with Crippen LogP contribution in [-0.2, 0) is 11.0 Å². The number of piperidine rings is 1. The summed E-state index contributed by atoms with van der Waals surface area (Å²) in [6.07, 6.45) is -3.24. The normalized spacial score (nSPS) is 15.3. The number of amides is 1. The van der Waals surface area contributed by atoms with Crippen LogP contribution in [0.25, 0.3) is 0 Å². The number of carbonyl (C=O) groups is 2. The Morgan fingerprint density at radius 1 is 0.964 bits per heavy atom. The lowest BCUT2D eigenvalue weighted by molar-refractivity contribution is -0.138. The van der Waals surface area contributed by atoms with Crippen molar-refractivity contribution >= 4 is 11.7 Å². The standard InChI is InChI=1S/C21H20F3NO3/c22-21(23,24)17-6-8-18(9-7-17)28-14-19(26)25-12-10-16(11-13-25)20(27)15-4-2-1-3-5-15/h1-9,16H,10-14H2. The predicted octanol–water partition coefficient (Wildman–Crippen LogP) is 4.21. The average Bonchev–Trinajstić information content (AvgIpc) is 2.72. The molecular formula is C21H20F3NO3. The van der Waals surface area contributed by atoms with Gasteiger partial charge in [0.1, 0.15) is 5.75 Å². The number of likely N-dealkylation sites (tertiary alicyclic amines) is 1. The molecule has 0 unspecified atom stereocenters. The molecule has 0 bridgehead atoms. The molecule has 2 aromatic rings. The molecule has 0 aliphatic carbocycles. The van der Waals surface area contributed by atoms with E-state index in [2.05, 4.69) is 0 Å². The van der Waals surface area contributed by atoms with Crippen LogP contribution < -0.4 is 4.74 Å². The molecule has 1 amide bonds. The van der Waals surface area contributed by atoms with Gasteiger partial charge in [-0.25, -0.2) is 0 Å². The Balaban J connectivity index is 1.47. The Morgan fingerprint density at radius 3 is 2.14 bits per heavy atom. The van der Waals surface area contributed by atoms with Crippen molar-refractivity contribution in [2.24, 2.45) is 5.92 Å². The third-order valence-electron chi connectivity index (χ3n) is 4.82. The summed E-state index contributed by atoms with van der Waals surface area (Å²) >= 11 is 0. The first-order valence-corrected chi connectivity index (χ1v) is 9.01. The van der Waals surface area contributed by atoms with E-state index in [1.807, 2.05) is 18.2 Å². The van der Waals surface area contributed by atoms with Crippen molar-refractivity contribution < 1.29 is 27.5 Å². The number of halogens is 3. The maximum absolute atomic E-state index is 12.5. The first-order valence-electron chi connectivity index (χ1n) is 9.01. The van der Waals surface area contributed by atoms with Gasteiger partial charge in [-0.15, -0.1) is 0 Å². The maximum atomic E-state index is 12.5. The first-order chi connectivity index (χ1) is 13.3. The van der Waals surface area contributed by atoms with Crippen molar-refractivity contribution in [3.63, 3.8) is 0 Å². The Hall–Kier alpha value is -2.83. The second-order valence-electron chi connectivity index (χ2n) is 6.70. The molecule has 0 atom stereocenters. The summed E-state index contributed by atoms with van der Waals surface area (Å²) in [6, 6.07) is 13.3. The molecule has 0 N–H and O–H groups in total. The predicted molar refractivity (Wildman–Crippen MR) is 97.0 cm³/mol. The number of rotatable bonds is 5. The summed E-state index contributed by atoms with van der Waals surface area (Å²) < 4.78 is 42.9. The van der Waals surface area contributed by atoms with Crippen molar-refractivity contribution in [1.82, 2.24) is 4.90 Å². The zero-order valence-corrected chi connectivity index (χ0v) is 15.1. The zero-order chi connectivity index (χ0) is 20.1. The average molecular weight is 391 g/mol. The quantitative estimate of drug-likeness (QED) is 0.718. The number of hydrogen-bond acceptors (Lipinski definition) is 3. The van der Waals surface area contributed by atoms with Crippen LogP contribution >= 0.6 is 0 Å². The lowest BCUT2D eigenvalue weighted by Crippen LogP contribution is -2.42. The summed E-state index contributed by atoms with van der Waals surface area (Å²) in [5.74, 6) is -0.0583. The van der Waals surface area contributed by atoms with E-state index >= 15 is 0 Å². The number of ether oxygens (including phenoxy) is 1. The van der Waals surface area contributed by atoms with Crippen LogP contribution in [0.4, 0.5) is 13.2 Å². The highest BCUT2D eigenvalue weighted by Crippen LogP contribution is 2.30. The molecule has 2 aromatic carbocycles. The van der Waals surface area contributed by atoms with Crippen LogP contribution in [0.5, 0.6) is 5.75 Å². The summed E-state index contributed by atoms with van der Waals surface area (Å²) in [5, 5.41) is 0. The Labute approximate surface area is 160 Å². The number of nitrogens with zero attached hydrogens (tertiary/aromatic N) is 1. The van der Waals surface area contributed by atoms with Gasteiger partial charge in [-0.3, -0.25) is 9.59 Å². The lowest BCUT2D eigenvalue weighted by atomic mass is 9.89. The zero-order valence-electron chi connectivity index (χ0n) is 15.1. The van der Waals surface area contributed by atoms with Gasteiger partial charge in [-0.05, 0) is 37.1 Å². The van der Waals surface area contributed by atoms with Gasteiger partial charge in [0.2, 0.25) is 0 Å². The molecule has 1 heterocycles. The van der Waals surface area contributed by atoms with E-state index in [0.29, 0.717) is 31.5 Å². The Morgan fingerprint density at radius 2 is 1.57 bits per heavy atom. The smallest absolute Gasteiger partial charge is 0.416 e. The Bertz CT molecular complexity index is 811. The van der Waals surface area contributed by atoms with E-state index in [-0.39, 0.29) is 30.0 Å². The third-order valence-corrected chi connectivity index (χ3v) is 4.82. The van der Waals surface area contributed by atoms with Gasteiger partial charge in [0, 0.05) is 24.6 Å². The number of ketones is 1. The molecule has 0 aromatic heterocycles. The molecule has 0 saturated carbocycles. The van der Waals surface area contributed by atoms with Crippen LogP contribution in [0.3, 0.4) is 0 Å². The summed E-state index contributed by atoms with van der Waals surface area (Å²) in [7, 11) is 0. The molecule has 1 aliphatic rings. The Kier molecular flexibility index (Phi) is 6.02. The number of benzene rings is 2. The molecule has 1 fully saturated rings. The minimum atomic E-state index is -4.41. The topological polar surface area (TPSA) is 46.6 Å². The van der Waals surface area contributed by atoms with Crippen LogP contribution in [0, 0.1) is 5.92 Å². The largest absolute Gasteiger partial charge is 0.484 e. The second kappa shape index (κ2) is 8.46. The molecule has 4 nitrogen and oxygen atoms in total. The van der Waals surface area contributed by atoms with Crippen molar-refractivity contribution in [2.75, 3.05) is 19.7 Å². The number of alkyl halides is 3. The van der Waals surface area contributed by atoms with Gasteiger partial charge < -0.3 is 9.64 Å². The molecule has 0 spiro atoms. The highest BCUT2D eigenvalue weighted by Gasteiger charge is 2.30. The fourth-order valence-corrected chi connectivity index (χ4v) is 3.21. The van der Waals surface area contributed by atoms with E-state index in [0.717, 1.165) is 12.1 Å². The fraction of sp³-hybridized carbons (Fsp3) is 0.333. The molecule has 3 rings (SSSR count). The number of Topliss-reactive ketones (excluding diaryl/α,β-unsaturated/α-hetero) is 1. The SMILES string of the molecule is O=C(c1ccccc1)C1CCN(C(=O)COc2ccc(C(F)(F)F)cc2)CC1. The van der Waals surface area contributed by atoms with E-state index in [1.165, 1.54) is 12.1 Å². The number of carbonyl (C=O) groups excluding carboxylic acids is 2. The third kappa shape index (κ3) is 4.91. The molecule has 0 radical (unpaired) electrons. The highest BCUT2D eigenvalue weighted by molar-refractivity contribution is 5.98. The van der Waals surface area contributed by atoms with Crippen LogP contribution in [0.15, 0.2) is 54.6 Å². The molecular weight excluding hydrogens is 371 g/mol. The van der Waals surface area contributed by atoms with Gasteiger partial charge in [-0.1, -0.05) is 30.3 Å². The van der Waals surface area contributed by atoms with E-state index in [9.17, 15) is 22.8 Å². The minimum Gasteiger partial charge on any atom is -0.484 e. The van der Waals surface area contributed by atoms with Gasteiger partial charge in [0.25, 0.3) is 5.91 Å². The van der Waals surface area contributed by atoms with Crippen molar-refractivity contribution in [3.05, 3.63) is 65.7 Å². The molecule has 28 heavy (non-hydrogen) atoms. The first kappa shape index (κ1) is 19.9. The van der Waals surface area contributed by atoms with Gasteiger partial charge in [0.05, 0.1) is 5.56 Å². The number of hydrogen-bond donors (Lipinski definition) is 0. The minimum absolute atomic E-state index is 0.0914. The summed E-state index contributed by atoms with van der Waals surface area (Å²) in [5.41, 5.74) is -0.0887. The lowest BCUT2D eigenvalue weighted by Gasteiger charge is -2.31. The fourth-order valence-electron chi connectivity index (χ4n) is 3.21. The van der Waals surface area contributed by atoms with Crippen molar-refractivity contribution in [1.29, 1.82) is 0 Å².